The fourth-order valence-corrected chi connectivity index (χ4v) is 2.01. The fourth-order valence-electron chi connectivity index (χ4n) is 2.01. The summed E-state index contributed by atoms with van der Waals surface area (Å²) >= 11 is 0. The number of aliphatic carboxylic acids is 1. The van der Waals surface area contributed by atoms with Crippen LogP contribution >= 0.6 is 0 Å². The third-order valence-corrected chi connectivity index (χ3v) is 4.12. The highest BCUT2D eigenvalue weighted by atomic mass is 16.4. The Morgan fingerprint density at radius 3 is 2.00 bits per heavy atom. The second kappa shape index (κ2) is 4.88. The Kier molecular flexibility index (Phi) is 4.05. The van der Waals surface area contributed by atoms with E-state index in [1.807, 2.05) is 0 Å². The third-order valence-electron chi connectivity index (χ3n) is 4.12. The first kappa shape index (κ1) is 15.0. The first-order chi connectivity index (χ1) is 8.04. The van der Waals surface area contributed by atoms with Gasteiger partial charge in [-0.25, -0.2) is 0 Å². The molecule has 18 heavy (non-hydrogen) atoms. The molecule has 0 bridgehead atoms. The SMILES string of the molecule is CC(C)(O)C(C)(C)NC(=O)[C@@H]1CC[C@H](C(=O)O)C1. The van der Waals surface area contributed by atoms with Gasteiger partial charge in [0.15, 0.2) is 0 Å². The molecule has 1 saturated carbocycles. The second-order valence-electron chi connectivity index (χ2n) is 6.22. The molecular formula is C13H23NO4. The van der Waals surface area contributed by atoms with Crippen molar-refractivity contribution in [2.75, 3.05) is 0 Å². The molecular weight excluding hydrogens is 234 g/mol. The zero-order valence-corrected chi connectivity index (χ0v) is 11.5. The van der Waals surface area contributed by atoms with Gasteiger partial charge in [0.05, 0.1) is 17.1 Å². The summed E-state index contributed by atoms with van der Waals surface area (Å²) in [4.78, 5) is 22.9. The van der Waals surface area contributed by atoms with Crippen LogP contribution in [0, 0.1) is 11.8 Å². The van der Waals surface area contributed by atoms with Crippen LogP contribution in [0.1, 0.15) is 47.0 Å². The Balaban J connectivity index is 2.60. The molecule has 0 unspecified atom stereocenters. The van der Waals surface area contributed by atoms with E-state index in [1.165, 1.54) is 0 Å². The molecule has 5 nitrogen and oxygen atoms in total. The minimum absolute atomic E-state index is 0.161. The molecule has 1 rings (SSSR count). The van der Waals surface area contributed by atoms with Crippen molar-refractivity contribution in [1.82, 2.24) is 5.32 Å². The van der Waals surface area contributed by atoms with Crippen LogP contribution in [0.5, 0.6) is 0 Å². The highest BCUT2D eigenvalue weighted by Crippen LogP contribution is 2.32. The molecule has 1 fully saturated rings. The van der Waals surface area contributed by atoms with Crippen molar-refractivity contribution in [3.05, 3.63) is 0 Å². The largest absolute Gasteiger partial charge is 0.481 e. The average Bonchev–Trinajstić information content (AvgIpc) is 2.63. The topological polar surface area (TPSA) is 86.6 Å². The Hall–Kier alpha value is -1.10. The van der Waals surface area contributed by atoms with Gasteiger partial charge in [0.1, 0.15) is 0 Å². The molecule has 0 saturated heterocycles. The van der Waals surface area contributed by atoms with Crippen molar-refractivity contribution in [3.8, 4) is 0 Å². The minimum Gasteiger partial charge on any atom is -0.481 e. The summed E-state index contributed by atoms with van der Waals surface area (Å²) in [6.07, 6.45) is 1.55. The molecule has 0 radical (unpaired) electrons. The van der Waals surface area contributed by atoms with Crippen LogP contribution in [0.25, 0.3) is 0 Å². The number of rotatable bonds is 4. The van der Waals surface area contributed by atoms with Crippen molar-refractivity contribution in [3.63, 3.8) is 0 Å². The number of hydrogen-bond donors (Lipinski definition) is 3. The van der Waals surface area contributed by atoms with Crippen molar-refractivity contribution in [1.29, 1.82) is 0 Å². The Morgan fingerprint density at radius 2 is 1.61 bits per heavy atom. The number of hydrogen-bond acceptors (Lipinski definition) is 3. The van der Waals surface area contributed by atoms with E-state index in [0.29, 0.717) is 19.3 Å². The maximum absolute atomic E-state index is 12.1. The number of carbonyl (C=O) groups is 2. The lowest BCUT2D eigenvalue weighted by Crippen LogP contribution is -2.58. The quantitative estimate of drug-likeness (QED) is 0.705. The van der Waals surface area contributed by atoms with E-state index in [-0.39, 0.29) is 11.8 Å². The third kappa shape index (κ3) is 3.22. The minimum atomic E-state index is -1.03. The summed E-state index contributed by atoms with van der Waals surface area (Å²) in [7, 11) is 0. The smallest absolute Gasteiger partial charge is 0.306 e. The van der Waals surface area contributed by atoms with Gasteiger partial charge < -0.3 is 15.5 Å². The average molecular weight is 257 g/mol. The standard InChI is InChI=1S/C13H23NO4/c1-12(2,13(3,4)18)14-10(15)8-5-6-9(7-8)11(16)17/h8-9,18H,5-7H2,1-4H3,(H,14,15)(H,16,17)/t8-,9+/m1/s1. The van der Waals surface area contributed by atoms with Crippen LogP contribution in [0.15, 0.2) is 0 Å². The van der Waals surface area contributed by atoms with E-state index in [9.17, 15) is 14.7 Å². The second-order valence-corrected chi connectivity index (χ2v) is 6.22. The van der Waals surface area contributed by atoms with Gasteiger partial charge in [-0.1, -0.05) is 0 Å². The zero-order chi connectivity index (χ0) is 14.1. The molecule has 0 aromatic carbocycles. The lowest BCUT2D eigenvalue weighted by molar-refractivity contribution is -0.141. The van der Waals surface area contributed by atoms with E-state index >= 15 is 0 Å². The van der Waals surface area contributed by atoms with Crippen LogP contribution in [0.2, 0.25) is 0 Å². The molecule has 1 aliphatic rings. The first-order valence-electron chi connectivity index (χ1n) is 6.32. The van der Waals surface area contributed by atoms with Gasteiger partial charge in [-0.05, 0) is 47.0 Å². The number of aliphatic hydroxyl groups is 1. The predicted octanol–water partition coefficient (Wildman–Crippen LogP) is 1.15. The Morgan fingerprint density at radius 1 is 1.11 bits per heavy atom. The van der Waals surface area contributed by atoms with Crippen molar-refractivity contribution >= 4 is 11.9 Å². The highest BCUT2D eigenvalue weighted by Gasteiger charge is 2.40. The lowest BCUT2D eigenvalue weighted by Gasteiger charge is -2.38. The summed E-state index contributed by atoms with van der Waals surface area (Å²) < 4.78 is 0. The number of carboxylic acids is 1. The molecule has 104 valence electrons. The molecule has 0 aliphatic heterocycles. The maximum Gasteiger partial charge on any atom is 0.306 e. The van der Waals surface area contributed by atoms with Crippen LogP contribution in [0.4, 0.5) is 0 Å². The summed E-state index contributed by atoms with van der Waals surface area (Å²) in [5, 5.41) is 21.7. The van der Waals surface area contributed by atoms with Gasteiger partial charge in [-0.3, -0.25) is 9.59 Å². The van der Waals surface area contributed by atoms with Crippen molar-refractivity contribution in [2.24, 2.45) is 11.8 Å². The van der Waals surface area contributed by atoms with Crippen LogP contribution in [-0.4, -0.2) is 33.2 Å². The predicted molar refractivity (Wildman–Crippen MR) is 67.0 cm³/mol. The van der Waals surface area contributed by atoms with Gasteiger partial charge in [0.25, 0.3) is 0 Å². The van der Waals surface area contributed by atoms with E-state index in [2.05, 4.69) is 5.32 Å². The molecule has 0 heterocycles. The van der Waals surface area contributed by atoms with Gasteiger partial charge in [-0.2, -0.15) is 0 Å². The van der Waals surface area contributed by atoms with Gasteiger partial charge in [0.2, 0.25) is 5.91 Å². The fraction of sp³-hybridized carbons (Fsp3) is 0.846. The lowest BCUT2D eigenvalue weighted by atomic mass is 9.85. The molecule has 0 aromatic heterocycles. The van der Waals surface area contributed by atoms with E-state index in [4.69, 9.17) is 5.11 Å². The highest BCUT2D eigenvalue weighted by molar-refractivity contribution is 5.81. The first-order valence-corrected chi connectivity index (χ1v) is 6.32. The van der Waals surface area contributed by atoms with E-state index in [1.54, 1.807) is 27.7 Å². The maximum atomic E-state index is 12.1. The van der Waals surface area contributed by atoms with Crippen molar-refractivity contribution in [2.45, 2.75) is 58.1 Å². The molecule has 3 N–H and O–H groups in total. The van der Waals surface area contributed by atoms with Crippen LogP contribution in [-0.2, 0) is 9.59 Å². The zero-order valence-electron chi connectivity index (χ0n) is 11.5. The number of nitrogens with one attached hydrogen (secondary N) is 1. The van der Waals surface area contributed by atoms with E-state index < -0.39 is 23.0 Å². The van der Waals surface area contributed by atoms with Crippen LogP contribution < -0.4 is 5.32 Å². The summed E-state index contributed by atoms with van der Waals surface area (Å²) in [6.45, 7) is 6.80. The van der Waals surface area contributed by atoms with Crippen LogP contribution in [0.3, 0.4) is 0 Å². The van der Waals surface area contributed by atoms with Gasteiger partial charge >= 0.3 is 5.97 Å². The number of carboxylic acid groups (broad SMARTS) is 1. The molecule has 1 aliphatic carbocycles. The number of carbonyl (C=O) groups excluding carboxylic acids is 1. The molecule has 0 spiro atoms. The Bertz CT molecular complexity index is 343. The van der Waals surface area contributed by atoms with E-state index in [0.717, 1.165) is 0 Å². The van der Waals surface area contributed by atoms with Gasteiger partial charge in [-0.15, -0.1) is 0 Å². The van der Waals surface area contributed by atoms with Gasteiger partial charge in [0, 0.05) is 5.92 Å². The Labute approximate surface area is 108 Å². The molecule has 2 atom stereocenters. The summed E-state index contributed by atoms with van der Waals surface area (Å²) in [6, 6.07) is 0. The molecule has 5 heteroatoms. The normalized spacial score (nSPS) is 24.9. The van der Waals surface area contributed by atoms with Crippen molar-refractivity contribution < 1.29 is 19.8 Å². The molecule has 0 aromatic rings. The summed E-state index contributed by atoms with van der Waals surface area (Å²) in [5.74, 6) is -1.66. The summed E-state index contributed by atoms with van der Waals surface area (Å²) in [5.41, 5.74) is -1.78. The monoisotopic (exact) mass is 257 g/mol. The molecule has 1 amide bonds. The number of amides is 1.